The fraction of sp³-hybridized carbons (Fsp3) is 0.536. The molecule has 8 unspecified atom stereocenters. The minimum atomic E-state index is -1.25. The molecule has 1 aromatic rings. The third-order valence-electron chi connectivity index (χ3n) is 8.12. The highest BCUT2D eigenvalue weighted by Gasteiger charge is 2.65. The molecule has 1 heterocycles. The van der Waals surface area contributed by atoms with Crippen LogP contribution in [0.4, 0.5) is 0 Å². The van der Waals surface area contributed by atoms with Gasteiger partial charge in [0.25, 0.3) is 0 Å². The normalized spacial score (nSPS) is 43.2. The van der Waals surface area contributed by atoms with Crippen molar-refractivity contribution in [2.24, 2.45) is 23.2 Å². The minimum absolute atomic E-state index is 0.203. The molecule has 5 heteroatoms. The molecule has 1 aliphatic heterocycles. The summed E-state index contributed by atoms with van der Waals surface area (Å²) in [6.07, 6.45) is 7.05. The summed E-state index contributed by atoms with van der Waals surface area (Å²) in [6, 6.07) is 9.83. The van der Waals surface area contributed by atoms with Crippen molar-refractivity contribution in [3.63, 3.8) is 0 Å². The lowest BCUT2D eigenvalue weighted by molar-refractivity contribution is -0.141. The van der Waals surface area contributed by atoms with Crippen LogP contribution < -0.4 is 5.32 Å². The fourth-order valence-corrected chi connectivity index (χ4v) is 6.47. The van der Waals surface area contributed by atoms with Gasteiger partial charge in [0.1, 0.15) is 0 Å². The first-order valence-electron chi connectivity index (χ1n) is 12.0. The summed E-state index contributed by atoms with van der Waals surface area (Å²) >= 11 is 0. The lowest BCUT2D eigenvalue weighted by Crippen LogP contribution is -2.57. The number of aliphatic hydroxyl groups is 3. The molecule has 4 N–H and O–H groups in total. The summed E-state index contributed by atoms with van der Waals surface area (Å²) in [6.45, 7) is 7.72. The van der Waals surface area contributed by atoms with Crippen molar-refractivity contribution in [2.45, 2.75) is 70.8 Å². The highest BCUT2D eigenvalue weighted by molar-refractivity contribution is 5.89. The zero-order chi connectivity index (χ0) is 24.0. The third kappa shape index (κ3) is 4.11. The number of hydrogen-bond acceptors (Lipinski definition) is 4. The number of carbonyl (C=O) groups is 1. The fourth-order valence-electron chi connectivity index (χ4n) is 6.47. The van der Waals surface area contributed by atoms with Crippen LogP contribution in [0.1, 0.15) is 46.1 Å². The van der Waals surface area contributed by atoms with Crippen LogP contribution in [0.3, 0.4) is 0 Å². The topological polar surface area (TPSA) is 89.8 Å². The molecular formula is C28H37NO4. The monoisotopic (exact) mass is 451 g/mol. The van der Waals surface area contributed by atoms with Gasteiger partial charge in [-0.3, -0.25) is 4.79 Å². The van der Waals surface area contributed by atoms with Crippen LogP contribution >= 0.6 is 0 Å². The Hall–Kier alpha value is -2.21. The molecular weight excluding hydrogens is 414 g/mol. The maximum atomic E-state index is 13.8. The number of nitrogens with one attached hydrogen (secondary N) is 1. The van der Waals surface area contributed by atoms with Crippen molar-refractivity contribution in [3.8, 4) is 0 Å². The highest BCUT2D eigenvalue weighted by atomic mass is 16.3. The predicted octanol–water partition coefficient (Wildman–Crippen LogP) is 3.31. The van der Waals surface area contributed by atoms with Crippen LogP contribution in [0, 0.1) is 23.2 Å². The van der Waals surface area contributed by atoms with E-state index in [-0.39, 0.29) is 23.8 Å². The van der Waals surface area contributed by atoms with Gasteiger partial charge < -0.3 is 20.6 Å². The van der Waals surface area contributed by atoms with Crippen molar-refractivity contribution >= 4 is 5.91 Å². The summed E-state index contributed by atoms with van der Waals surface area (Å²) in [4.78, 5) is 13.8. The Morgan fingerprint density at radius 3 is 2.48 bits per heavy atom. The van der Waals surface area contributed by atoms with Crippen LogP contribution in [0.25, 0.3) is 0 Å². The second-order valence-electron chi connectivity index (χ2n) is 10.7. The van der Waals surface area contributed by atoms with Crippen LogP contribution in [0.5, 0.6) is 0 Å². The van der Waals surface area contributed by atoms with E-state index in [2.05, 4.69) is 12.2 Å². The lowest BCUT2D eigenvalue weighted by Gasteiger charge is -2.49. The van der Waals surface area contributed by atoms with Gasteiger partial charge in [0.05, 0.1) is 23.2 Å². The van der Waals surface area contributed by atoms with Gasteiger partial charge in [0, 0.05) is 17.9 Å². The van der Waals surface area contributed by atoms with Crippen molar-refractivity contribution in [1.29, 1.82) is 0 Å². The summed E-state index contributed by atoms with van der Waals surface area (Å²) in [5, 5.41) is 37.0. The maximum Gasteiger partial charge on any atom is 0.230 e. The molecule has 4 rings (SSSR count). The minimum Gasteiger partial charge on any atom is -0.388 e. The summed E-state index contributed by atoms with van der Waals surface area (Å²) in [7, 11) is 0. The Bertz CT molecular complexity index is 979. The number of hydrogen-bond donors (Lipinski definition) is 4. The SMILES string of the molecule is CC1=C(C)C2C(Cc3ccccc3)NC(=O)C23C(O)/C=C/C(C)(O)CC(C)C/C=C/C3C1O. The molecule has 8 atom stereocenters. The van der Waals surface area contributed by atoms with Crippen molar-refractivity contribution in [3.05, 3.63) is 71.3 Å². The van der Waals surface area contributed by atoms with Crippen LogP contribution in [0.2, 0.25) is 0 Å². The Labute approximate surface area is 196 Å². The van der Waals surface area contributed by atoms with E-state index in [1.807, 2.05) is 56.3 Å². The number of amides is 1. The highest BCUT2D eigenvalue weighted by Crippen LogP contribution is 2.56. The van der Waals surface area contributed by atoms with Crippen LogP contribution in [-0.2, 0) is 11.2 Å². The van der Waals surface area contributed by atoms with Gasteiger partial charge in [-0.1, -0.05) is 67.1 Å². The molecule has 0 aromatic heterocycles. The second-order valence-corrected chi connectivity index (χ2v) is 10.7. The molecule has 1 aromatic carbocycles. The predicted molar refractivity (Wildman–Crippen MR) is 129 cm³/mol. The van der Waals surface area contributed by atoms with E-state index in [0.717, 1.165) is 23.1 Å². The molecule has 0 bridgehead atoms. The standard InChI is InChI=1S/C28H37NO4/c1-17-9-8-12-21-25(31)19(3)18(2)24-22(15-20-10-6-5-7-11-20)29-26(32)28(21,24)23(30)13-14-27(4,33)16-17/h5-8,10-14,17,21-25,30-31,33H,9,15-16H2,1-4H3,(H,29,32)/b12-8+,14-13+. The molecule has 2 aliphatic carbocycles. The molecule has 1 saturated heterocycles. The summed E-state index contributed by atoms with van der Waals surface area (Å²) < 4.78 is 0. The van der Waals surface area contributed by atoms with Crippen molar-refractivity contribution in [2.75, 3.05) is 0 Å². The molecule has 5 nitrogen and oxygen atoms in total. The van der Waals surface area contributed by atoms with E-state index in [0.29, 0.717) is 12.8 Å². The maximum absolute atomic E-state index is 13.8. The average Bonchev–Trinajstić information content (AvgIpc) is 3.04. The smallest absolute Gasteiger partial charge is 0.230 e. The number of carbonyl (C=O) groups excluding carboxylic acids is 1. The van der Waals surface area contributed by atoms with Gasteiger partial charge in [-0.05, 0) is 57.1 Å². The first-order chi connectivity index (χ1) is 15.6. The molecule has 3 aliphatic rings. The molecule has 178 valence electrons. The van der Waals surface area contributed by atoms with Gasteiger partial charge >= 0.3 is 0 Å². The van der Waals surface area contributed by atoms with Crippen molar-refractivity contribution in [1.82, 2.24) is 5.32 Å². The summed E-state index contributed by atoms with van der Waals surface area (Å²) in [5.74, 6) is -0.879. The van der Waals surface area contributed by atoms with E-state index in [9.17, 15) is 20.1 Å². The average molecular weight is 452 g/mol. The Morgan fingerprint density at radius 2 is 1.79 bits per heavy atom. The van der Waals surface area contributed by atoms with Crippen LogP contribution in [-0.4, -0.2) is 45.1 Å². The van der Waals surface area contributed by atoms with Gasteiger partial charge in [0.2, 0.25) is 5.91 Å². The van der Waals surface area contributed by atoms with Crippen LogP contribution in [0.15, 0.2) is 65.8 Å². The quantitative estimate of drug-likeness (QED) is 0.520. The Kier molecular flexibility index (Phi) is 6.43. The zero-order valence-electron chi connectivity index (χ0n) is 20.0. The molecule has 1 amide bonds. The molecule has 0 radical (unpaired) electrons. The summed E-state index contributed by atoms with van der Waals surface area (Å²) in [5.41, 5.74) is 0.591. The Balaban J connectivity index is 1.87. The lowest BCUT2D eigenvalue weighted by atomic mass is 9.54. The number of aliphatic hydroxyl groups excluding tert-OH is 2. The van der Waals surface area contributed by atoms with Gasteiger partial charge in [-0.25, -0.2) is 0 Å². The first kappa shape index (κ1) is 23.9. The van der Waals surface area contributed by atoms with Crippen molar-refractivity contribution < 1.29 is 20.1 Å². The Morgan fingerprint density at radius 1 is 1.09 bits per heavy atom. The largest absolute Gasteiger partial charge is 0.388 e. The number of rotatable bonds is 2. The zero-order valence-corrected chi connectivity index (χ0v) is 20.0. The van der Waals surface area contributed by atoms with E-state index in [1.165, 1.54) is 0 Å². The van der Waals surface area contributed by atoms with Gasteiger partial charge in [-0.15, -0.1) is 0 Å². The number of allylic oxidation sites excluding steroid dienone is 1. The van der Waals surface area contributed by atoms with E-state index in [1.54, 1.807) is 19.1 Å². The first-order valence-corrected chi connectivity index (χ1v) is 12.0. The number of benzene rings is 1. The van der Waals surface area contributed by atoms with E-state index < -0.39 is 29.1 Å². The second kappa shape index (κ2) is 8.86. The van der Waals surface area contributed by atoms with E-state index >= 15 is 0 Å². The van der Waals surface area contributed by atoms with Gasteiger partial charge in [-0.2, -0.15) is 0 Å². The molecule has 33 heavy (non-hydrogen) atoms. The molecule has 1 fully saturated rings. The molecule has 0 saturated carbocycles. The van der Waals surface area contributed by atoms with Gasteiger partial charge in [0.15, 0.2) is 0 Å². The third-order valence-corrected chi connectivity index (χ3v) is 8.12. The molecule has 1 spiro atoms. The van der Waals surface area contributed by atoms with E-state index in [4.69, 9.17) is 0 Å².